The van der Waals surface area contributed by atoms with Gasteiger partial charge in [0.25, 0.3) is 0 Å². The Bertz CT molecular complexity index is 909. The van der Waals surface area contributed by atoms with Crippen LogP contribution in [0.4, 0.5) is 4.39 Å². The van der Waals surface area contributed by atoms with Crippen LogP contribution in [0.2, 0.25) is 0 Å². The van der Waals surface area contributed by atoms with Crippen molar-refractivity contribution in [2.45, 2.75) is 45.4 Å². The summed E-state index contributed by atoms with van der Waals surface area (Å²) >= 11 is 0. The summed E-state index contributed by atoms with van der Waals surface area (Å²) < 4.78 is 19.2. The molecule has 0 spiro atoms. The fraction of sp³-hybridized carbons (Fsp3) is 0.417. The van der Waals surface area contributed by atoms with Gasteiger partial charge in [-0.15, -0.1) is 24.0 Å². The van der Waals surface area contributed by atoms with Crippen LogP contribution in [0.1, 0.15) is 37.3 Å². The third-order valence-electron chi connectivity index (χ3n) is 5.27. The molecule has 0 aliphatic carbocycles. The molecule has 1 atom stereocenters. The predicted octanol–water partition coefficient (Wildman–Crippen LogP) is 4.09. The number of rotatable bonds is 9. The van der Waals surface area contributed by atoms with Crippen molar-refractivity contribution in [1.29, 1.82) is 0 Å². The number of carbonyl (C=O) groups is 1. The standard InChI is InChI=1S/C24H31FN4O2.HI/c1-3-21(31-22-10-5-9-20(25)14-22)16-28-24(26-2)27-15-18-7-4-8-19(13-18)17-29-12-6-11-23(29)30;/h4-5,7-10,13-14,21H,3,6,11-12,15-17H2,1-2H3,(H2,26,27,28);1H. The molecule has 1 aliphatic heterocycles. The van der Waals surface area contributed by atoms with Gasteiger partial charge in [0.05, 0.1) is 6.54 Å². The van der Waals surface area contributed by atoms with Crippen molar-refractivity contribution in [2.75, 3.05) is 20.1 Å². The minimum Gasteiger partial charge on any atom is -0.489 e. The predicted molar refractivity (Wildman–Crippen MR) is 136 cm³/mol. The molecule has 2 N–H and O–H groups in total. The van der Waals surface area contributed by atoms with Crippen molar-refractivity contribution in [3.63, 3.8) is 0 Å². The van der Waals surface area contributed by atoms with E-state index in [0.717, 1.165) is 30.5 Å². The Morgan fingerprint density at radius 1 is 1.19 bits per heavy atom. The zero-order chi connectivity index (χ0) is 22.1. The van der Waals surface area contributed by atoms with Crippen LogP contribution >= 0.6 is 24.0 Å². The maximum Gasteiger partial charge on any atom is 0.222 e. The third-order valence-corrected chi connectivity index (χ3v) is 5.27. The number of benzene rings is 2. The van der Waals surface area contributed by atoms with Crippen LogP contribution in [0.25, 0.3) is 0 Å². The van der Waals surface area contributed by atoms with Gasteiger partial charge in [-0.05, 0) is 36.1 Å². The lowest BCUT2D eigenvalue weighted by Crippen LogP contribution is -2.42. The molecular weight excluding hydrogens is 522 g/mol. The van der Waals surface area contributed by atoms with Gasteiger partial charge in [-0.3, -0.25) is 9.79 Å². The van der Waals surface area contributed by atoms with Crippen LogP contribution in [0, 0.1) is 5.82 Å². The lowest BCUT2D eigenvalue weighted by Gasteiger charge is -2.20. The number of hydrogen-bond acceptors (Lipinski definition) is 3. The number of guanidine groups is 1. The fourth-order valence-corrected chi connectivity index (χ4v) is 3.55. The highest BCUT2D eigenvalue weighted by Crippen LogP contribution is 2.16. The Morgan fingerprint density at radius 3 is 2.66 bits per heavy atom. The summed E-state index contributed by atoms with van der Waals surface area (Å²) in [5, 5.41) is 6.58. The van der Waals surface area contributed by atoms with E-state index < -0.39 is 0 Å². The summed E-state index contributed by atoms with van der Waals surface area (Å²) in [7, 11) is 1.72. The molecule has 1 saturated heterocycles. The highest BCUT2D eigenvalue weighted by Gasteiger charge is 2.20. The quantitative estimate of drug-likeness (QED) is 0.279. The molecular formula is C24H32FIN4O2. The number of ether oxygens (including phenoxy) is 1. The van der Waals surface area contributed by atoms with Crippen LogP contribution in [-0.4, -0.2) is 43.0 Å². The minimum atomic E-state index is -0.311. The molecule has 1 heterocycles. The van der Waals surface area contributed by atoms with E-state index in [1.54, 1.807) is 19.2 Å². The number of aliphatic imine (C=N–C) groups is 1. The number of hydrogen-bond donors (Lipinski definition) is 2. The summed E-state index contributed by atoms with van der Waals surface area (Å²) in [5.74, 6) is 1.11. The van der Waals surface area contributed by atoms with Crippen molar-refractivity contribution in [3.8, 4) is 5.75 Å². The smallest absolute Gasteiger partial charge is 0.222 e. The Morgan fingerprint density at radius 2 is 1.97 bits per heavy atom. The molecule has 1 aliphatic rings. The van der Waals surface area contributed by atoms with Gasteiger partial charge in [-0.1, -0.05) is 37.3 Å². The molecule has 2 aromatic carbocycles. The van der Waals surface area contributed by atoms with Gasteiger partial charge in [-0.25, -0.2) is 4.39 Å². The van der Waals surface area contributed by atoms with Crippen molar-refractivity contribution >= 4 is 35.8 Å². The second kappa shape index (κ2) is 13.2. The summed E-state index contributed by atoms with van der Waals surface area (Å²) in [6.45, 7) is 4.69. The van der Waals surface area contributed by atoms with Crippen molar-refractivity contribution in [1.82, 2.24) is 15.5 Å². The van der Waals surface area contributed by atoms with E-state index in [1.807, 2.05) is 17.9 Å². The highest BCUT2D eigenvalue weighted by atomic mass is 127. The van der Waals surface area contributed by atoms with Gasteiger partial charge in [0, 0.05) is 39.2 Å². The number of amides is 1. The molecule has 1 unspecified atom stereocenters. The van der Waals surface area contributed by atoms with Crippen LogP contribution in [0.5, 0.6) is 5.75 Å². The average Bonchev–Trinajstić information content (AvgIpc) is 3.17. The molecule has 3 rings (SSSR count). The number of halogens is 2. The summed E-state index contributed by atoms with van der Waals surface area (Å²) in [4.78, 5) is 18.0. The van der Waals surface area contributed by atoms with Gasteiger partial charge < -0.3 is 20.3 Å². The van der Waals surface area contributed by atoms with E-state index in [2.05, 4.69) is 33.8 Å². The summed E-state index contributed by atoms with van der Waals surface area (Å²) in [6, 6.07) is 14.4. The van der Waals surface area contributed by atoms with Crippen molar-refractivity contribution < 1.29 is 13.9 Å². The molecule has 174 valence electrons. The van der Waals surface area contributed by atoms with E-state index in [1.165, 1.54) is 12.1 Å². The average molecular weight is 554 g/mol. The van der Waals surface area contributed by atoms with E-state index >= 15 is 0 Å². The molecule has 0 radical (unpaired) electrons. The van der Waals surface area contributed by atoms with Crippen LogP contribution < -0.4 is 15.4 Å². The molecule has 2 aromatic rings. The fourth-order valence-electron chi connectivity index (χ4n) is 3.55. The van der Waals surface area contributed by atoms with E-state index in [4.69, 9.17) is 4.74 Å². The van der Waals surface area contributed by atoms with Crippen LogP contribution in [0.15, 0.2) is 53.5 Å². The van der Waals surface area contributed by atoms with Crippen molar-refractivity contribution in [2.24, 2.45) is 4.99 Å². The first-order valence-corrected chi connectivity index (χ1v) is 10.8. The monoisotopic (exact) mass is 554 g/mol. The van der Waals surface area contributed by atoms with Gasteiger partial charge in [0.15, 0.2) is 5.96 Å². The van der Waals surface area contributed by atoms with Gasteiger partial charge >= 0.3 is 0 Å². The van der Waals surface area contributed by atoms with E-state index in [9.17, 15) is 9.18 Å². The summed E-state index contributed by atoms with van der Waals surface area (Å²) in [6.07, 6.45) is 2.27. The second-order valence-electron chi connectivity index (χ2n) is 7.65. The minimum absolute atomic E-state index is 0. The molecule has 32 heavy (non-hydrogen) atoms. The first-order chi connectivity index (χ1) is 15.1. The number of nitrogens with zero attached hydrogens (tertiary/aromatic N) is 2. The van der Waals surface area contributed by atoms with Crippen molar-refractivity contribution in [3.05, 3.63) is 65.5 Å². The highest BCUT2D eigenvalue weighted by molar-refractivity contribution is 14.0. The Labute approximate surface area is 206 Å². The topological polar surface area (TPSA) is 66.0 Å². The number of carbonyl (C=O) groups excluding carboxylic acids is 1. The molecule has 1 amide bonds. The molecule has 0 bridgehead atoms. The zero-order valence-corrected chi connectivity index (χ0v) is 21.0. The second-order valence-corrected chi connectivity index (χ2v) is 7.65. The third kappa shape index (κ3) is 7.96. The summed E-state index contributed by atoms with van der Waals surface area (Å²) in [5.41, 5.74) is 2.25. The molecule has 8 heteroatoms. The normalized spacial score (nSPS) is 14.7. The molecule has 6 nitrogen and oxygen atoms in total. The number of nitrogens with one attached hydrogen (secondary N) is 2. The van der Waals surface area contributed by atoms with Gasteiger partial charge in [0.2, 0.25) is 5.91 Å². The van der Waals surface area contributed by atoms with E-state index in [-0.39, 0.29) is 41.8 Å². The van der Waals surface area contributed by atoms with Crippen LogP contribution in [-0.2, 0) is 17.9 Å². The lowest BCUT2D eigenvalue weighted by atomic mass is 10.1. The van der Waals surface area contributed by atoms with E-state index in [0.29, 0.717) is 37.8 Å². The Kier molecular flexibility index (Phi) is 10.7. The lowest BCUT2D eigenvalue weighted by molar-refractivity contribution is -0.128. The Hall–Kier alpha value is -2.36. The first kappa shape index (κ1) is 25.9. The van der Waals surface area contributed by atoms with Crippen LogP contribution in [0.3, 0.4) is 0 Å². The molecule has 0 saturated carbocycles. The van der Waals surface area contributed by atoms with Gasteiger partial charge in [0.1, 0.15) is 17.7 Å². The first-order valence-electron chi connectivity index (χ1n) is 10.8. The molecule has 0 aromatic heterocycles. The zero-order valence-electron chi connectivity index (χ0n) is 18.6. The maximum atomic E-state index is 13.4. The maximum absolute atomic E-state index is 13.4. The molecule has 1 fully saturated rings. The Balaban J connectivity index is 0.00000363. The van der Waals surface area contributed by atoms with Gasteiger partial charge in [-0.2, -0.15) is 0 Å². The largest absolute Gasteiger partial charge is 0.489 e. The number of likely N-dealkylation sites (tertiary alicyclic amines) is 1. The SMILES string of the molecule is CCC(CNC(=NC)NCc1cccc(CN2CCCC2=O)c1)Oc1cccc(F)c1.I.